The Morgan fingerprint density at radius 2 is 2.24 bits per heavy atom. The second-order valence-electron chi connectivity index (χ2n) is 4.25. The van der Waals surface area contributed by atoms with Gasteiger partial charge in [0.2, 0.25) is 0 Å². The van der Waals surface area contributed by atoms with Crippen molar-refractivity contribution < 1.29 is 13.5 Å². The summed E-state index contributed by atoms with van der Waals surface area (Å²) in [5, 5.41) is 9.61. The third-order valence-corrected chi connectivity index (χ3v) is 6.92. The lowest BCUT2D eigenvalue weighted by molar-refractivity contribution is 0.0629. The Hall–Kier alpha value is 0.0500. The highest BCUT2D eigenvalue weighted by atomic mass is 79.9. The number of piperidine rings is 1. The van der Waals surface area contributed by atoms with Crippen LogP contribution in [-0.4, -0.2) is 37.0 Å². The average molecular weight is 340 g/mol. The topological polar surface area (TPSA) is 57.6 Å². The first kappa shape index (κ1) is 13.5. The number of sulfonamides is 1. The smallest absolute Gasteiger partial charge is 0.252 e. The van der Waals surface area contributed by atoms with E-state index in [0.717, 1.165) is 3.79 Å². The SMILES string of the molecule is CC1CN(S(=O)(=O)c2ccc(Br)s2)CCC1O. The van der Waals surface area contributed by atoms with E-state index in [1.807, 2.05) is 6.92 Å². The number of rotatable bonds is 2. The quantitative estimate of drug-likeness (QED) is 0.895. The van der Waals surface area contributed by atoms with Crippen LogP contribution in [0.2, 0.25) is 0 Å². The summed E-state index contributed by atoms with van der Waals surface area (Å²) < 4.78 is 27.2. The van der Waals surface area contributed by atoms with E-state index in [-0.39, 0.29) is 5.92 Å². The number of nitrogens with zero attached hydrogens (tertiary/aromatic N) is 1. The van der Waals surface area contributed by atoms with Gasteiger partial charge in [-0.2, -0.15) is 4.31 Å². The van der Waals surface area contributed by atoms with Crippen LogP contribution in [0.4, 0.5) is 0 Å². The fraction of sp³-hybridized carbons (Fsp3) is 0.600. The summed E-state index contributed by atoms with van der Waals surface area (Å²) in [6, 6.07) is 3.35. The fourth-order valence-corrected chi connectivity index (χ4v) is 5.60. The molecule has 1 aliphatic heterocycles. The molecule has 1 aromatic rings. The fourth-order valence-electron chi connectivity index (χ4n) is 1.88. The molecule has 0 radical (unpaired) electrons. The second-order valence-corrected chi connectivity index (χ2v) is 8.88. The summed E-state index contributed by atoms with van der Waals surface area (Å²) in [7, 11) is -3.39. The minimum absolute atomic E-state index is 0.0121. The number of hydrogen-bond acceptors (Lipinski definition) is 4. The standard InChI is InChI=1S/C10H14BrNO3S2/c1-7-6-12(5-4-8(7)13)17(14,15)10-3-2-9(11)16-10/h2-3,7-8,13H,4-6H2,1H3. The summed E-state index contributed by atoms with van der Waals surface area (Å²) in [5.41, 5.74) is 0. The molecule has 0 aromatic carbocycles. The highest BCUT2D eigenvalue weighted by molar-refractivity contribution is 9.11. The van der Waals surface area contributed by atoms with Gasteiger partial charge in [-0.05, 0) is 40.4 Å². The van der Waals surface area contributed by atoms with Crippen LogP contribution >= 0.6 is 27.3 Å². The van der Waals surface area contributed by atoms with Crippen LogP contribution in [0.5, 0.6) is 0 Å². The molecule has 0 amide bonds. The zero-order chi connectivity index (χ0) is 12.6. The Balaban J connectivity index is 2.22. The van der Waals surface area contributed by atoms with Crippen molar-refractivity contribution in [1.29, 1.82) is 0 Å². The van der Waals surface area contributed by atoms with Gasteiger partial charge in [0.1, 0.15) is 4.21 Å². The van der Waals surface area contributed by atoms with Crippen LogP contribution in [0, 0.1) is 5.92 Å². The Morgan fingerprint density at radius 3 is 2.76 bits per heavy atom. The maximum atomic E-state index is 12.3. The zero-order valence-electron chi connectivity index (χ0n) is 9.34. The van der Waals surface area contributed by atoms with Crippen molar-refractivity contribution in [2.75, 3.05) is 13.1 Å². The van der Waals surface area contributed by atoms with E-state index in [2.05, 4.69) is 15.9 Å². The molecule has 0 spiro atoms. The molecule has 2 atom stereocenters. The Kier molecular flexibility index (Phi) is 3.94. The van der Waals surface area contributed by atoms with E-state index in [9.17, 15) is 13.5 Å². The molecule has 0 bridgehead atoms. The van der Waals surface area contributed by atoms with Gasteiger partial charge in [-0.25, -0.2) is 8.42 Å². The zero-order valence-corrected chi connectivity index (χ0v) is 12.6. The average Bonchev–Trinajstić information content (AvgIpc) is 2.69. The molecular formula is C10H14BrNO3S2. The molecule has 7 heteroatoms. The first-order valence-corrected chi connectivity index (χ1v) is 8.40. The highest BCUT2D eigenvalue weighted by Crippen LogP contribution is 2.30. The molecule has 1 fully saturated rings. The van der Waals surface area contributed by atoms with E-state index < -0.39 is 16.1 Å². The first-order chi connectivity index (χ1) is 7.91. The molecule has 0 aliphatic carbocycles. The molecule has 96 valence electrons. The molecule has 1 aromatic heterocycles. The van der Waals surface area contributed by atoms with E-state index in [4.69, 9.17) is 0 Å². The number of thiophene rings is 1. The van der Waals surface area contributed by atoms with E-state index in [1.54, 1.807) is 12.1 Å². The Bertz CT molecular complexity index is 499. The third kappa shape index (κ3) is 2.73. The van der Waals surface area contributed by atoms with Gasteiger partial charge in [-0.15, -0.1) is 11.3 Å². The van der Waals surface area contributed by atoms with E-state index >= 15 is 0 Å². The van der Waals surface area contributed by atoms with Gasteiger partial charge in [0.25, 0.3) is 10.0 Å². The lowest BCUT2D eigenvalue weighted by Gasteiger charge is -2.33. The van der Waals surface area contributed by atoms with Crippen LogP contribution in [0.25, 0.3) is 0 Å². The first-order valence-electron chi connectivity index (χ1n) is 5.35. The molecular weight excluding hydrogens is 326 g/mol. The Morgan fingerprint density at radius 1 is 1.53 bits per heavy atom. The van der Waals surface area contributed by atoms with Gasteiger partial charge in [0, 0.05) is 13.1 Å². The predicted molar refractivity (Wildman–Crippen MR) is 70.6 cm³/mol. The lowest BCUT2D eigenvalue weighted by Crippen LogP contribution is -2.44. The molecule has 1 aliphatic rings. The van der Waals surface area contributed by atoms with Crippen LogP contribution in [0.3, 0.4) is 0 Å². The summed E-state index contributed by atoms with van der Waals surface area (Å²) in [4.78, 5) is 0. The van der Waals surface area contributed by atoms with E-state index in [1.165, 1.54) is 15.6 Å². The molecule has 2 heterocycles. The molecule has 2 unspecified atom stereocenters. The monoisotopic (exact) mass is 339 g/mol. The van der Waals surface area contributed by atoms with Gasteiger partial charge in [-0.3, -0.25) is 0 Å². The van der Waals surface area contributed by atoms with E-state index in [0.29, 0.717) is 23.7 Å². The summed E-state index contributed by atoms with van der Waals surface area (Å²) >= 11 is 4.48. The van der Waals surface area contributed by atoms with Crippen LogP contribution in [0.15, 0.2) is 20.1 Å². The lowest BCUT2D eigenvalue weighted by atomic mass is 9.99. The third-order valence-electron chi connectivity index (χ3n) is 2.97. The minimum atomic E-state index is -3.39. The summed E-state index contributed by atoms with van der Waals surface area (Å²) in [5.74, 6) is -0.0121. The highest BCUT2D eigenvalue weighted by Gasteiger charge is 2.33. The van der Waals surface area contributed by atoms with Crippen LogP contribution < -0.4 is 0 Å². The Labute approximate surface area is 113 Å². The van der Waals surface area contributed by atoms with Gasteiger partial charge >= 0.3 is 0 Å². The minimum Gasteiger partial charge on any atom is -0.393 e. The van der Waals surface area contributed by atoms with Crippen LogP contribution in [-0.2, 0) is 10.0 Å². The number of hydrogen-bond donors (Lipinski definition) is 1. The second kappa shape index (κ2) is 4.97. The van der Waals surface area contributed by atoms with Gasteiger partial charge < -0.3 is 5.11 Å². The number of aliphatic hydroxyl groups excluding tert-OH is 1. The predicted octanol–water partition coefficient (Wildman–Crippen LogP) is 1.90. The molecule has 17 heavy (non-hydrogen) atoms. The number of halogens is 1. The van der Waals surface area contributed by atoms with Crippen molar-refractivity contribution in [2.24, 2.45) is 5.92 Å². The van der Waals surface area contributed by atoms with Crippen molar-refractivity contribution in [2.45, 2.75) is 23.7 Å². The van der Waals surface area contributed by atoms with Crippen molar-refractivity contribution in [3.05, 3.63) is 15.9 Å². The van der Waals surface area contributed by atoms with Crippen LogP contribution in [0.1, 0.15) is 13.3 Å². The van der Waals surface area contributed by atoms with Crippen molar-refractivity contribution in [3.63, 3.8) is 0 Å². The largest absolute Gasteiger partial charge is 0.393 e. The normalized spacial score (nSPS) is 27.2. The molecule has 1 saturated heterocycles. The molecule has 1 N–H and O–H groups in total. The summed E-state index contributed by atoms with van der Waals surface area (Å²) in [6.45, 7) is 2.65. The van der Waals surface area contributed by atoms with Crippen molar-refractivity contribution >= 4 is 37.3 Å². The maximum Gasteiger partial charge on any atom is 0.252 e. The van der Waals surface area contributed by atoms with Crippen molar-refractivity contribution in [1.82, 2.24) is 4.31 Å². The summed E-state index contributed by atoms with van der Waals surface area (Å²) in [6.07, 6.45) is 0.115. The molecule has 4 nitrogen and oxygen atoms in total. The van der Waals surface area contributed by atoms with Gasteiger partial charge in [0.15, 0.2) is 0 Å². The van der Waals surface area contributed by atoms with Crippen molar-refractivity contribution in [3.8, 4) is 0 Å². The molecule has 2 rings (SSSR count). The maximum absolute atomic E-state index is 12.3. The van der Waals surface area contributed by atoms with Gasteiger partial charge in [-0.1, -0.05) is 6.92 Å². The van der Waals surface area contributed by atoms with Gasteiger partial charge in [0.05, 0.1) is 9.89 Å². The number of aliphatic hydroxyl groups is 1. The molecule has 0 saturated carbocycles.